The van der Waals surface area contributed by atoms with E-state index in [-0.39, 0.29) is 5.91 Å². The van der Waals surface area contributed by atoms with Gasteiger partial charge in [-0.2, -0.15) is 0 Å². The van der Waals surface area contributed by atoms with E-state index in [0.29, 0.717) is 17.2 Å². The highest BCUT2D eigenvalue weighted by Gasteiger charge is 2.21. The number of amides is 1. The minimum atomic E-state index is -0.0668. The third-order valence-corrected chi connectivity index (χ3v) is 5.05. The van der Waals surface area contributed by atoms with Crippen LogP contribution in [0.1, 0.15) is 33.6 Å². The van der Waals surface area contributed by atoms with Crippen LogP contribution in [0.15, 0.2) is 23.6 Å². The van der Waals surface area contributed by atoms with Crippen LogP contribution in [-0.4, -0.2) is 20.1 Å². The highest BCUT2D eigenvalue weighted by Crippen LogP contribution is 2.33. The number of carbonyl (C=O) groups excluding carboxylic acids is 1. The maximum atomic E-state index is 12.6. The van der Waals surface area contributed by atoms with Gasteiger partial charge in [0.1, 0.15) is 11.5 Å². The Labute approximate surface area is 134 Å². The zero-order valence-electron chi connectivity index (χ0n) is 12.8. The van der Waals surface area contributed by atoms with Crippen LogP contribution in [0.5, 0.6) is 11.5 Å². The van der Waals surface area contributed by atoms with Crippen LogP contribution in [0.3, 0.4) is 0 Å². The van der Waals surface area contributed by atoms with Crippen molar-refractivity contribution < 1.29 is 14.3 Å². The second-order valence-electron chi connectivity index (χ2n) is 5.28. The molecule has 0 bridgehead atoms. The Morgan fingerprint density at radius 3 is 2.77 bits per heavy atom. The van der Waals surface area contributed by atoms with Crippen molar-refractivity contribution >= 4 is 22.9 Å². The van der Waals surface area contributed by atoms with Crippen LogP contribution in [0.25, 0.3) is 0 Å². The summed E-state index contributed by atoms with van der Waals surface area (Å²) in [6, 6.07) is 5.37. The number of hydrogen-bond acceptors (Lipinski definition) is 4. The molecule has 0 radical (unpaired) electrons. The Hall–Kier alpha value is -2.01. The smallest absolute Gasteiger partial charge is 0.256 e. The van der Waals surface area contributed by atoms with E-state index < -0.39 is 0 Å². The maximum Gasteiger partial charge on any atom is 0.256 e. The quantitative estimate of drug-likeness (QED) is 0.930. The van der Waals surface area contributed by atoms with Gasteiger partial charge in [0.25, 0.3) is 5.91 Å². The first-order chi connectivity index (χ1) is 10.7. The Morgan fingerprint density at radius 1 is 1.18 bits per heavy atom. The van der Waals surface area contributed by atoms with E-state index in [0.717, 1.165) is 24.8 Å². The van der Waals surface area contributed by atoms with Crippen molar-refractivity contribution in [3.05, 3.63) is 39.6 Å². The van der Waals surface area contributed by atoms with Crippen molar-refractivity contribution in [2.45, 2.75) is 25.7 Å². The van der Waals surface area contributed by atoms with E-state index in [1.54, 1.807) is 43.8 Å². The molecule has 2 aromatic rings. The van der Waals surface area contributed by atoms with Crippen LogP contribution in [0.2, 0.25) is 0 Å². The number of carbonyl (C=O) groups is 1. The number of ether oxygens (including phenoxy) is 2. The number of methoxy groups -OCH3 is 2. The maximum absolute atomic E-state index is 12.6. The van der Waals surface area contributed by atoms with Gasteiger partial charge in [-0.1, -0.05) is 0 Å². The first-order valence-corrected chi connectivity index (χ1v) is 8.23. The molecule has 4 nitrogen and oxygen atoms in total. The first kappa shape index (κ1) is 14.9. The lowest BCUT2D eigenvalue weighted by Crippen LogP contribution is -2.15. The lowest BCUT2D eigenvalue weighted by atomic mass is 9.95. The van der Waals surface area contributed by atoms with Crippen LogP contribution >= 0.6 is 11.3 Å². The Morgan fingerprint density at radius 2 is 2.00 bits per heavy atom. The molecule has 3 rings (SSSR count). The van der Waals surface area contributed by atoms with E-state index in [1.807, 2.05) is 5.38 Å². The third kappa shape index (κ3) is 2.81. The molecule has 116 valence electrons. The summed E-state index contributed by atoms with van der Waals surface area (Å²) in [6.07, 6.45) is 4.48. The monoisotopic (exact) mass is 317 g/mol. The normalized spacial score (nSPS) is 13.4. The van der Waals surface area contributed by atoms with Gasteiger partial charge in [0.05, 0.1) is 25.5 Å². The zero-order chi connectivity index (χ0) is 15.5. The molecule has 1 heterocycles. The highest BCUT2D eigenvalue weighted by molar-refractivity contribution is 7.10. The van der Waals surface area contributed by atoms with Gasteiger partial charge >= 0.3 is 0 Å². The molecule has 0 fully saturated rings. The first-order valence-electron chi connectivity index (χ1n) is 7.35. The summed E-state index contributed by atoms with van der Waals surface area (Å²) in [5.74, 6) is 1.22. The standard InChI is InChI=1S/C17H19NO3S/c1-20-11-7-8-14(15(9-11)21-2)18-17(19)13-10-22-16-6-4-3-5-12(13)16/h7-10H,3-6H2,1-2H3,(H,18,19). The lowest BCUT2D eigenvalue weighted by molar-refractivity contribution is 0.102. The molecule has 0 saturated carbocycles. The predicted molar refractivity (Wildman–Crippen MR) is 88.5 cm³/mol. The Balaban J connectivity index is 1.84. The topological polar surface area (TPSA) is 47.6 Å². The van der Waals surface area contributed by atoms with Gasteiger partial charge in [-0.25, -0.2) is 0 Å². The van der Waals surface area contributed by atoms with Gasteiger partial charge < -0.3 is 14.8 Å². The largest absolute Gasteiger partial charge is 0.497 e. The van der Waals surface area contributed by atoms with Crippen LogP contribution < -0.4 is 14.8 Å². The minimum absolute atomic E-state index is 0.0668. The fraction of sp³-hybridized carbons (Fsp3) is 0.353. The average Bonchev–Trinajstić information content (AvgIpc) is 2.99. The van der Waals surface area contributed by atoms with Crippen molar-refractivity contribution in [3.63, 3.8) is 0 Å². The summed E-state index contributed by atoms with van der Waals surface area (Å²) in [6.45, 7) is 0. The molecule has 1 aliphatic rings. The molecular weight excluding hydrogens is 298 g/mol. The molecule has 1 aliphatic carbocycles. The lowest BCUT2D eigenvalue weighted by Gasteiger charge is -2.14. The molecule has 22 heavy (non-hydrogen) atoms. The van der Waals surface area contributed by atoms with Gasteiger partial charge in [0.2, 0.25) is 0 Å². The summed E-state index contributed by atoms with van der Waals surface area (Å²) in [7, 11) is 3.18. The fourth-order valence-corrected chi connectivity index (χ4v) is 3.90. The number of benzene rings is 1. The highest BCUT2D eigenvalue weighted by atomic mass is 32.1. The predicted octanol–water partition coefficient (Wildman–Crippen LogP) is 3.90. The fourth-order valence-electron chi connectivity index (χ4n) is 2.78. The number of aryl methyl sites for hydroxylation is 1. The SMILES string of the molecule is COc1ccc(NC(=O)c2csc3c2CCCC3)c(OC)c1. The van der Waals surface area contributed by atoms with Crippen molar-refractivity contribution in [1.82, 2.24) is 0 Å². The van der Waals surface area contributed by atoms with E-state index in [2.05, 4.69) is 5.32 Å². The van der Waals surface area contributed by atoms with Crippen LogP contribution in [0.4, 0.5) is 5.69 Å². The molecule has 1 amide bonds. The van der Waals surface area contributed by atoms with Crippen LogP contribution in [0, 0.1) is 0 Å². The Kier molecular flexibility index (Phi) is 4.34. The average molecular weight is 317 g/mol. The van der Waals surface area contributed by atoms with Gasteiger partial charge in [0.15, 0.2) is 0 Å². The molecule has 5 heteroatoms. The van der Waals surface area contributed by atoms with Gasteiger partial charge in [-0.15, -0.1) is 11.3 Å². The number of anilines is 1. The molecule has 0 spiro atoms. The number of thiophene rings is 1. The molecule has 0 saturated heterocycles. The van der Waals surface area contributed by atoms with E-state index >= 15 is 0 Å². The summed E-state index contributed by atoms with van der Waals surface area (Å²) >= 11 is 1.69. The Bertz CT molecular complexity index is 693. The van der Waals surface area contributed by atoms with E-state index in [9.17, 15) is 4.79 Å². The summed E-state index contributed by atoms with van der Waals surface area (Å²) in [5, 5.41) is 4.93. The molecule has 0 aliphatic heterocycles. The van der Waals surface area contributed by atoms with Crippen molar-refractivity contribution in [2.24, 2.45) is 0 Å². The van der Waals surface area contributed by atoms with E-state index in [1.165, 1.54) is 16.9 Å². The number of hydrogen-bond donors (Lipinski definition) is 1. The van der Waals surface area contributed by atoms with Gasteiger partial charge in [-0.05, 0) is 43.4 Å². The summed E-state index contributed by atoms with van der Waals surface area (Å²) in [4.78, 5) is 13.9. The molecule has 1 aromatic heterocycles. The zero-order valence-corrected chi connectivity index (χ0v) is 13.6. The third-order valence-electron chi connectivity index (χ3n) is 3.96. The van der Waals surface area contributed by atoms with Crippen molar-refractivity contribution in [2.75, 3.05) is 19.5 Å². The van der Waals surface area contributed by atoms with E-state index in [4.69, 9.17) is 9.47 Å². The van der Waals surface area contributed by atoms with Crippen molar-refractivity contribution in [3.8, 4) is 11.5 Å². The molecule has 0 atom stereocenters. The molecule has 1 aromatic carbocycles. The van der Waals surface area contributed by atoms with Gasteiger partial charge in [0, 0.05) is 16.3 Å². The summed E-state index contributed by atoms with van der Waals surface area (Å²) in [5.41, 5.74) is 2.68. The number of nitrogens with one attached hydrogen (secondary N) is 1. The van der Waals surface area contributed by atoms with Crippen molar-refractivity contribution in [1.29, 1.82) is 0 Å². The molecule has 0 unspecified atom stereocenters. The number of rotatable bonds is 4. The summed E-state index contributed by atoms with van der Waals surface area (Å²) < 4.78 is 10.5. The second-order valence-corrected chi connectivity index (χ2v) is 6.24. The minimum Gasteiger partial charge on any atom is -0.497 e. The molecule has 1 N–H and O–H groups in total. The number of fused-ring (bicyclic) bond motifs is 1. The van der Waals surface area contributed by atoms with Gasteiger partial charge in [-0.3, -0.25) is 4.79 Å². The van der Waals surface area contributed by atoms with Crippen LogP contribution in [-0.2, 0) is 12.8 Å². The second kappa shape index (κ2) is 6.40. The molecular formula is C17H19NO3S.